The third-order valence-corrected chi connectivity index (χ3v) is 3.21. The number of aryl methyl sites for hydroxylation is 1. The number of aromatic nitrogens is 2. The van der Waals surface area contributed by atoms with E-state index in [2.05, 4.69) is 15.3 Å². The van der Waals surface area contributed by atoms with E-state index in [4.69, 9.17) is 10.8 Å². The van der Waals surface area contributed by atoms with Crippen molar-refractivity contribution in [3.05, 3.63) is 29.5 Å². The summed E-state index contributed by atoms with van der Waals surface area (Å²) in [6.07, 6.45) is 1.04. The second-order valence-corrected chi connectivity index (χ2v) is 4.57. The molecule has 2 heterocycles. The number of carbonyl (C=O) groups excluding carboxylic acids is 1. The highest BCUT2D eigenvalue weighted by molar-refractivity contribution is 5.96. The Bertz CT molecular complexity index is 720. The molecule has 7 heteroatoms. The van der Waals surface area contributed by atoms with Crippen molar-refractivity contribution < 1.29 is 14.7 Å². The number of carboxylic acids is 1. The summed E-state index contributed by atoms with van der Waals surface area (Å²) >= 11 is 0. The van der Waals surface area contributed by atoms with Crippen molar-refractivity contribution in [3.63, 3.8) is 0 Å². The minimum Gasteiger partial charge on any atom is -0.477 e. The first kappa shape index (κ1) is 12.2. The van der Waals surface area contributed by atoms with Crippen LogP contribution in [0.25, 0.3) is 11.3 Å². The fourth-order valence-corrected chi connectivity index (χ4v) is 2.29. The lowest BCUT2D eigenvalue weighted by atomic mass is 9.98. The molecule has 1 aliphatic heterocycles. The number of carboxylic acid groups (broad SMARTS) is 1. The number of hydrogen-bond donors (Lipinski definition) is 4. The number of nitrogens with two attached hydrogens (primary N) is 1. The minimum absolute atomic E-state index is 0.0134. The molecule has 7 nitrogen and oxygen atoms in total. The summed E-state index contributed by atoms with van der Waals surface area (Å²) in [5, 5.41) is 11.9. The Morgan fingerprint density at radius 1 is 1.35 bits per heavy atom. The van der Waals surface area contributed by atoms with Crippen LogP contribution in [-0.4, -0.2) is 27.0 Å². The molecule has 0 aliphatic carbocycles. The molecule has 20 heavy (non-hydrogen) atoms. The lowest BCUT2D eigenvalue weighted by Gasteiger charge is -2.17. The van der Waals surface area contributed by atoms with Gasteiger partial charge in [0.1, 0.15) is 5.69 Å². The number of nitrogens with zero attached hydrogens (tertiary/aromatic N) is 1. The number of fused-ring (bicyclic) bond motifs is 1. The van der Waals surface area contributed by atoms with Gasteiger partial charge in [-0.25, -0.2) is 9.78 Å². The fourth-order valence-electron chi connectivity index (χ4n) is 2.29. The van der Waals surface area contributed by atoms with Crippen LogP contribution in [0.15, 0.2) is 18.2 Å². The highest BCUT2D eigenvalue weighted by Gasteiger charge is 2.20. The highest BCUT2D eigenvalue weighted by Crippen LogP contribution is 2.29. The van der Waals surface area contributed by atoms with Gasteiger partial charge < -0.3 is 21.1 Å². The molecule has 0 saturated carbocycles. The molecule has 0 radical (unpaired) electrons. The van der Waals surface area contributed by atoms with E-state index in [0.717, 1.165) is 11.3 Å². The predicted molar refractivity (Wildman–Crippen MR) is 72.3 cm³/mol. The van der Waals surface area contributed by atoms with Crippen LogP contribution in [0.3, 0.4) is 0 Å². The van der Waals surface area contributed by atoms with Crippen LogP contribution in [-0.2, 0) is 11.2 Å². The Morgan fingerprint density at radius 2 is 2.15 bits per heavy atom. The molecule has 1 aromatic heterocycles. The Labute approximate surface area is 113 Å². The topological polar surface area (TPSA) is 121 Å². The van der Waals surface area contributed by atoms with Gasteiger partial charge in [-0.2, -0.15) is 0 Å². The van der Waals surface area contributed by atoms with Crippen molar-refractivity contribution >= 4 is 23.5 Å². The van der Waals surface area contributed by atoms with E-state index in [9.17, 15) is 9.59 Å². The zero-order valence-corrected chi connectivity index (χ0v) is 10.4. The average molecular weight is 272 g/mol. The second kappa shape index (κ2) is 4.37. The van der Waals surface area contributed by atoms with E-state index in [1.54, 1.807) is 12.1 Å². The van der Waals surface area contributed by atoms with Crippen molar-refractivity contribution in [2.24, 2.45) is 0 Å². The average Bonchev–Trinajstić information content (AvgIpc) is 2.80. The molecule has 1 amide bonds. The zero-order chi connectivity index (χ0) is 14.3. The molecule has 2 aromatic rings. The zero-order valence-electron chi connectivity index (χ0n) is 10.4. The molecule has 102 valence electrons. The van der Waals surface area contributed by atoms with Gasteiger partial charge >= 0.3 is 5.97 Å². The molecule has 0 bridgehead atoms. The quantitative estimate of drug-likeness (QED) is 0.655. The third kappa shape index (κ3) is 1.99. The molecule has 0 atom stereocenters. The summed E-state index contributed by atoms with van der Waals surface area (Å²) in [7, 11) is 0. The summed E-state index contributed by atoms with van der Waals surface area (Å²) in [4.78, 5) is 29.0. The molecular weight excluding hydrogens is 260 g/mol. The fraction of sp³-hybridized carbons (Fsp3) is 0.154. The van der Waals surface area contributed by atoms with E-state index in [1.807, 2.05) is 6.07 Å². The number of rotatable bonds is 2. The number of H-pyrrole nitrogens is 1. The number of nitrogen functional groups attached to an aromatic ring is 1. The second-order valence-electron chi connectivity index (χ2n) is 4.57. The maximum absolute atomic E-state index is 11.3. The van der Waals surface area contributed by atoms with E-state index < -0.39 is 5.97 Å². The first-order chi connectivity index (χ1) is 9.54. The number of nitrogens with one attached hydrogen (secondary N) is 2. The Balaban J connectivity index is 2.08. The first-order valence-electron chi connectivity index (χ1n) is 6.06. The molecular formula is C13H12N4O3. The molecule has 0 fully saturated rings. The van der Waals surface area contributed by atoms with Gasteiger partial charge in [0.05, 0.1) is 0 Å². The molecule has 1 aliphatic rings. The third-order valence-electron chi connectivity index (χ3n) is 3.21. The standard InChI is InChI=1S/C13H12N4O3/c14-13-16-10(11(17-13)12(19)20)7-1-3-8-6(5-7)2-4-9(18)15-8/h1,3,5H,2,4H2,(H,15,18)(H,19,20)(H3,14,16,17). The highest BCUT2D eigenvalue weighted by atomic mass is 16.4. The van der Waals surface area contributed by atoms with Gasteiger partial charge in [0.2, 0.25) is 5.91 Å². The van der Waals surface area contributed by atoms with Gasteiger partial charge in [0, 0.05) is 17.7 Å². The van der Waals surface area contributed by atoms with Crippen molar-refractivity contribution in [2.75, 3.05) is 11.1 Å². The number of amides is 1. The number of aromatic amines is 1. The minimum atomic E-state index is -1.12. The number of anilines is 2. The molecule has 5 N–H and O–H groups in total. The van der Waals surface area contributed by atoms with Gasteiger partial charge in [-0.1, -0.05) is 6.07 Å². The summed E-state index contributed by atoms with van der Waals surface area (Å²) in [5.41, 5.74) is 8.16. The van der Waals surface area contributed by atoms with Crippen LogP contribution in [0.2, 0.25) is 0 Å². The maximum Gasteiger partial charge on any atom is 0.354 e. The number of hydrogen-bond acceptors (Lipinski definition) is 4. The summed E-state index contributed by atoms with van der Waals surface area (Å²) in [6, 6.07) is 5.29. The number of benzene rings is 1. The van der Waals surface area contributed by atoms with E-state index >= 15 is 0 Å². The van der Waals surface area contributed by atoms with Gasteiger partial charge in [-0.05, 0) is 24.1 Å². The Kier molecular flexibility index (Phi) is 2.67. The predicted octanol–water partition coefficient (Wildman–Crippen LogP) is 1.24. The molecule has 0 unspecified atom stereocenters. The van der Waals surface area contributed by atoms with Crippen LogP contribution in [0, 0.1) is 0 Å². The maximum atomic E-state index is 11.3. The van der Waals surface area contributed by atoms with Crippen molar-refractivity contribution in [2.45, 2.75) is 12.8 Å². The number of carbonyl (C=O) groups is 2. The van der Waals surface area contributed by atoms with Crippen LogP contribution < -0.4 is 11.1 Å². The summed E-state index contributed by atoms with van der Waals surface area (Å²) in [6.45, 7) is 0. The van der Waals surface area contributed by atoms with Crippen LogP contribution >= 0.6 is 0 Å². The van der Waals surface area contributed by atoms with Gasteiger partial charge in [-0.15, -0.1) is 0 Å². The van der Waals surface area contributed by atoms with Gasteiger partial charge in [0.15, 0.2) is 11.6 Å². The van der Waals surface area contributed by atoms with Crippen LogP contribution in [0.4, 0.5) is 11.6 Å². The van der Waals surface area contributed by atoms with Crippen molar-refractivity contribution in [1.82, 2.24) is 9.97 Å². The largest absolute Gasteiger partial charge is 0.477 e. The number of imidazole rings is 1. The smallest absolute Gasteiger partial charge is 0.354 e. The Hall–Kier alpha value is -2.83. The van der Waals surface area contributed by atoms with Crippen LogP contribution in [0.1, 0.15) is 22.5 Å². The molecule has 0 saturated heterocycles. The van der Waals surface area contributed by atoms with E-state index in [-0.39, 0.29) is 17.5 Å². The lowest BCUT2D eigenvalue weighted by Crippen LogP contribution is -2.18. The lowest BCUT2D eigenvalue weighted by molar-refractivity contribution is -0.116. The normalized spacial score (nSPS) is 13.7. The van der Waals surface area contributed by atoms with Crippen molar-refractivity contribution in [1.29, 1.82) is 0 Å². The summed E-state index contributed by atoms with van der Waals surface area (Å²) < 4.78 is 0. The molecule has 3 rings (SSSR count). The van der Waals surface area contributed by atoms with E-state index in [0.29, 0.717) is 24.1 Å². The monoisotopic (exact) mass is 272 g/mol. The molecule has 1 aromatic carbocycles. The Morgan fingerprint density at radius 3 is 2.90 bits per heavy atom. The van der Waals surface area contributed by atoms with Gasteiger partial charge in [0.25, 0.3) is 0 Å². The van der Waals surface area contributed by atoms with E-state index in [1.165, 1.54) is 0 Å². The number of aromatic carboxylic acids is 1. The van der Waals surface area contributed by atoms with Gasteiger partial charge in [-0.3, -0.25) is 4.79 Å². The first-order valence-corrected chi connectivity index (χ1v) is 6.06. The SMILES string of the molecule is Nc1nc(-c2ccc3c(c2)CCC(=O)N3)c(C(=O)O)[nH]1. The molecule has 0 spiro atoms. The summed E-state index contributed by atoms with van der Waals surface area (Å²) in [5.74, 6) is -1.07. The van der Waals surface area contributed by atoms with Crippen molar-refractivity contribution in [3.8, 4) is 11.3 Å². The van der Waals surface area contributed by atoms with Crippen LogP contribution in [0.5, 0.6) is 0 Å².